The molecule has 6 heteroatoms. The molecule has 1 N–H and O–H groups in total. The molecule has 0 amide bonds. The smallest absolute Gasteiger partial charge is 0.225 e. The van der Waals surface area contributed by atoms with Crippen molar-refractivity contribution < 1.29 is 0 Å². The number of hydrogen-bond acceptors (Lipinski definition) is 6. The van der Waals surface area contributed by atoms with E-state index in [2.05, 4.69) is 32.2 Å². The van der Waals surface area contributed by atoms with Crippen molar-refractivity contribution in [2.75, 3.05) is 36.4 Å². The maximum absolute atomic E-state index is 5.12. The molecule has 3 aliphatic rings. The zero-order chi connectivity index (χ0) is 20.9. The van der Waals surface area contributed by atoms with E-state index in [1.165, 1.54) is 68.4 Å². The van der Waals surface area contributed by atoms with Crippen molar-refractivity contribution in [3.05, 3.63) is 41.3 Å². The minimum Gasteiger partial charge on any atom is -0.356 e. The summed E-state index contributed by atoms with van der Waals surface area (Å²) in [6.45, 7) is 5.37. The van der Waals surface area contributed by atoms with Gasteiger partial charge >= 0.3 is 0 Å². The summed E-state index contributed by atoms with van der Waals surface area (Å²) < 4.78 is 0. The Morgan fingerprint density at radius 1 is 0.903 bits per heavy atom. The van der Waals surface area contributed by atoms with Crippen LogP contribution in [-0.4, -0.2) is 52.1 Å². The lowest BCUT2D eigenvalue weighted by Gasteiger charge is -2.27. The molecule has 2 aromatic rings. The Kier molecular flexibility index (Phi) is 6.63. The first-order valence-corrected chi connectivity index (χ1v) is 12.4. The van der Waals surface area contributed by atoms with E-state index in [-0.39, 0.29) is 0 Å². The first kappa shape index (κ1) is 20.7. The lowest BCUT2D eigenvalue weighted by molar-refractivity contribution is 0.266. The van der Waals surface area contributed by atoms with E-state index >= 15 is 0 Å². The molecule has 6 nitrogen and oxygen atoms in total. The molecule has 0 bridgehead atoms. The summed E-state index contributed by atoms with van der Waals surface area (Å²) in [7, 11) is 0. The average Bonchev–Trinajstić information content (AvgIpc) is 2.97. The molecule has 1 atom stereocenters. The normalized spacial score (nSPS) is 22.6. The van der Waals surface area contributed by atoms with Gasteiger partial charge in [-0.1, -0.05) is 25.3 Å². The zero-order valence-corrected chi connectivity index (χ0v) is 18.7. The number of nitrogens with one attached hydrogen (secondary N) is 1. The molecule has 0 aromatic carbocycles. The Morgan fingerprint density at radius 3 is 2.61 bits per heavy atom. The molecule has 4 heterocycles. The van der Waals surface area contributed by atoms with Gasteiger partial charge in [0.15, 0.2) is 0 Å². The van der Waals surface area contributed by atoms with Crippen LogP contribution in [0.25, 0.3) is 0 Å². The summed E-state index contributed by atoms with van der Waals surface area (Å²) in [4.78, 5) is 19.7. The number of pyridine rings is 1. The fourth-order valence-corrected chi connectivity index (χ4v) is 5.41. The molecular formula is C25H36N6. The molecule has 166 valence electrons. The highest BCUT2D eigenvalue weighted by molar-refractivity contribution is 5.54. The summed E-state index contributed by atoms with van der Waals surface area (Å²) in [6.07, 6.45) is 14.3. The van der Waals surface area contributed by atoms with Crippen molar-refractivity contribution in [2.45, 2.75) is 76.8 Å². The van der Waals surface area contributed by atoms with Gasteiger partial charge in [-0.05, 0) is 63.6 Å². The van der Waals surface area contributed by atoms with Gasteiger partial charge in [0, 0.05) is 44.0 Å². The number of aromatic nitrogens is 3. The fraction of sp³-hybridized carbons (Fsp3) is 0.640. The Hall–Kier alpha value is -2.21. The van der Waals surface area contributed by atoms with Gasteiger partial charge in [0.25, 0.3) is 0 Å². The molecule has 0 unspecified atom stereocenters. The maximum Gasteiger partial charge on any atom is 0.225 e. The van der Waals surface area contributed by atoms with Crippen LogP contribution in [0.2, 0.25) is 0 Å². The summed E-state index contributed by atoms with van der Waals surface area (Å²) in [5.74, 6) is 2.08. The van der Waals surface area contributed by atoms with Crippen LogP contribution in [0.4, 0.5) is 11.8 Å². The quantitative estimate of drug-likeness (QED) is 0.782. The molecule has 0 spiro atoms. The van der Waals surface area contributed by atoms with Gasteiger partial charge in [-0.2, -0.15) is 4.98 Å². The number of anilines is 2. The van der Waals surface area contributed by atoms with Crippen LogP contribution in [0.5, 0.6) is 0 Å². The first-order valence-electron chi connectivity index (χ1n) is 12.4. The summed E-state index contributed by atoms with van der Waals surface area (Å²) in [6, 6.07) is 6.59. The highest BCUT2D eigenvalue weighted by Gasteiger charge is 2.25. The third-order valence-electron chi connectivity index (χ3n) is 7.02. The third-order valence-corrected chi connectivity index (χ3v) is 7.02. The van der Waals surface area contributed by atoms with E-state index in [1.54, 1.807) is 0 Å². The number of nitrogens with zero attached hydrogens (tertiary/aromatic N) is 5. The topological polar surface area (TPSA) is 57.2 Å². The standard InChI is InChI=1S/C25H36N6/c1-2-7-17-31(16-6-1)24-22-12-9-13-23(22)28-25(29-24)27-21-11-4-8-15-30(19-21)18-20-10-3-5-14-26-20/h3,5,10,14,21H,1-2,4,6-9,11-13,15-19H2,(H,27,28,29)/t21-/m1/s1. The van der Waals surface area contributed by atoms with E-state index in [9.17, 15) is 0 Å². The van der Waals surface area contributed by atoms with E-state index in [0.717, 1.165) is 57.2 Å². The minimum atomic E-state index is 0.391. The monoisotopic (exact) mass is 420 g/mol. The summed E-state index contributed by atoms with van der Waals surface area (Å²) >= 11 is 0. The number of fused-ring (bicyclic) bond motifs is 1. The molecular weight excluding hydrogens is 384 g/mol. The van der Waals surface area contributed by atoms with Crippen LogP contribution in [0.15, 0.2) is 24.4 Å². The number of likely N-dealkylation sites (tertiary alicyclic amines) is 1. The molecule has 2 aromatic heterocycles. The van der Waals surface area contributed by atoms with Gasteiger partial charge in [-0.3, -0.25) is 9.88 Å². The molecule has 0 radical (unpaired) electrons. The van der Waals surface area contributed by atoms with Crippen LogP contribution in [0, 0.1) is 0 Å². The number of rotatable bonds is 5. The Bertz CT molecular complexity index is 847. The predicted octanol–water partition coefficient (Wildman–Crippen LogP) is 4.21. The van der Waals surface area contributed by atoms with Gasteiger partial charge in [0.1, 0.15) is 5.82 Å². The highest BCUT2D eigenvalue weighted by atomic mass is 15.2. The highest BCUT2D eigenvalue weighted by Crippen LogP contribution is 2.31. The third kappa shape index (κ3) is 5.17. The van der Waals surface area contributed by atoms with Crippen LogP contribution < -0.4 is 10.2 Å². The number of hydrogen-bond donors (Lipinski definition) is 1. The molecule has 0 saturated carbocycles. The van der Waals surface area contributed by atoms with Crippen LogP contribution in [-0.2, 0) is 19.4 Å². The van der Waals surface area contributed by atoms with Crippen LogP contribution in [0.1, 0.15) is 68.3 Å². The molecule has 2 saturated heterocycles. The van der Waals surface area contributed by atoms with Crippen LogP contribution in [0.3, 0.4) is 0 Å². The van der Waals surface area contributed by atoms with Crippen molar-refractivity contribution in [1.82, 2.24) is 19.9 Å². The van der Waals surface area contributed by atoms with E-state index in [0.29, 0.717) is 6.04 Å². The number of aryl methyl sites for hydroxylation is 1. The van der Waals surface area contributed by atoms with Gasteiger partial charge in [0.05, 0.1) is 11.4 Å². The fourth-order valence-electron chi connectivity index (χ4n) is 5.41. The minimum absolute atomic E-state index is 0.391. The molecule has 5 rings (SSSR count). The molecule has 31 heavy (non-hydrogen) atoms. The van der Waals surface area contributed by atoms with Crippen molar-refractivity contribution in [2.24, 2.45) is 0 Å². The Labute approximate surface area is 186 Å². The zero-order valence-electron chi connectivity index (χ0n) is 18.7. The second-order valence-corrected chi connectivity index (χ2v) is 9.44. The van der Waals surface area contributed by atoms with Crippen molar-refractivity contribution in [3.8, 4) is 0 Å². The van der Waals surface area contributed by atoms with Gasteiger partial charge < -0.3 is 10.2 Å². The van der Waals surface area contributed by atoms with E-state index in [4.69, 9.17) is 9.97 Å². The summed E-state index contributed by atoms with van der Waals surface area (Å²) in [5, 5.41) is 3.75. The maximum atomic E-state index is 5.12. The van der Waals surface area contributed by atoms with Crippen LogP contribution >= 0.6 is 0 Å². The van der Waals surface area contributed by atoms with Crippen molar-refractivity contribution in [3.63, 3.8) is 0 Å². The van der Waals surface area contributed by atoms with Crippen molar-refractivity contribution >= 4 is 11.8 Å². The second kappa shape index (κ2) is 9.94. The van der Waals surface area contributed by atoms with Gasteiger partial charge in [-0.25, -0.2) is 4.98 Å². The Balaban J connectivity index is 1.32. The van der Waals surface area contributed by atoms with E-state index in [1.807, 2.05) is 12.3 Å². The lowest BCUT2D eigenvalue weighted by Crippen LogP contribution is -2.35. The Morgan fingerprint density at radius 2 is 1.77 bits per heavy atom. The van der Waals surface area contributed by atoms with Gasteiger partial charge in [0.2, 0.25) is 5.95 Å². The molecule has 1 aliphatic carbocycles. The van der Waals surface area contributed by atoms with Gasteiger partial charge in [-0.15, -0.1) is 0 Å². The summed E-state index contributed by atoms with van der Waals surface area (Å²) in [5.41, 5.74) is 3.86. The van der Waals surface area contributed by atoms with Crippen molar-refractivity contribution in [1.29, 1.82) is 0 Å². The SMILES string of the molecule is c1ccc(CN2CCCC[C@@H](Nc3nc4c(c(N5CCCCCC5)n3)CCC4)C2)nc1. The molecule has 2 aliphatic heterocycles. The average molecular weight is 421 g/mol. The van der Waals surface area contributed by atoms with E-state index < -0.39 is 0 Å². The molecule has 2 fully saturated rings. The first-order chi connectivity index (χ1) is 15.3. The lowest BCUT2D eigenvalue weighted by atomic mass is 10.1. The largest absolute Gasteiger partial charge is 0.356 e. The second-order valence-electron chi connectivity index (χ2n) is 9.44. The predicted molar refractivity (Wildman–Crippen MR) is 126 cm³/mol.